The summed E-state index contributed by atoms with van der Waals surface area (Å²) >= 11 is 0. The van der Waals surface area contributed by atoms with Crippen molar-refractivity contribution in [1.29, 1.82) is 0 Å². The summed E-state index contributed by atoms with van der Waals surface area (Å²) in [6.07, 6.45) is 0. The molecule has 1 aromatic heterocycles. The molecule has 8 heteroatoms. The molecule has 22 heavy (non-hydrogen) atoms. The summed E-state index contributed by atoms with van der Waals surface area (Å²) in [5.41, 5.74) is 7.05. The van der Waals surface area contributed by atoms with Crippen molar-refractivity contribution in [3.05, 3.63) is 50.8 Å². The van der Waals surface area contributed by atoms with Crippen LogP contribution in [0.2, 0.25) is 0 Å². The second-order valence-electron chi connectivity index (χ2n) is 4.83. The number of rotatable bonds is 5. The fourth-order valence-corrected chi connectivity index (χ4v) is 2.32. The molecule has 0 atom stereocenters. The number of nitrogens with two attached hydrogens (primary N) is 1. The minimum atomic E-state index is -0.553. The van der Waals surface area contributed by atoms with E-state index >= 15 is 0 Å². The van der Waals surface area contributed by atoms with Gasteiger partial charge in [-0.1, -0.05) is 0 Å². The van der Waals surface area contributed by atoms with Gasteiger partial charge in [0.15, 0.2) is 0 Å². The molecule has 0 saturated carbocycles. The predicted molar refractivity (Wildman–Crippen MR) is 79.0 cm³/mol. The van der Waals surface area contributed by atoms with E-state index in [1.54, 1.807) is 32.0 Å². The Morgan fingerprint density at radius 3 is 2.64 bits per heavy atom. The first kappa shape index (κ1) is 15.5. The summed E-state index contributed by atoms with van der Waals surface area (Å²) in [4.78, 5) is 21.9. The number of nitro groups is 1. The van der Waals surface area contributed by atoms with Crippen LogP contribution in [0.5, 0.6) is 5.75 Å². The molecule has 1 amide bonds. The van der Waals surface area contributed by atoms with Gasteiger partial charge >= 0.3 is 5.69 Å². The molecular formula is C14H16N4O4. The molecule has 8 nitrogen and oxygen atoms in total. The Kier molecular flexibility index (Phi) is 4.11. The molecule has 0 aliphatic heterocycles. The first-order valence-corrected chi connectivity index (χ1v) is 6.50. The lowest BCUT2D eigenvalue weighted by molar-refractivity contribution is -0.386. The average molecular weight is 304 g/mol. The van der Waals surface area contributed by atoms with Gasteiger partial charge in [-0.2, -0.15) is 5.10 Å². The van der Waals surface area contributed by atoms with E-state index in [1.165, 1.54) is 11.8 Å². The fourth-order valence-electron chi connectivity index (χ4n) is 2.32. The van der Waals surface area contributed by atoms with Gasteiger partial charge < -0.3 is 10.5 Å². The zero-order valence-electron chi connectivity index (χ0n) is 12.5. The number of primary amides is 1. The molecule has 0 aliphatic rings. The van der Waals surface area contributed by atoms with Crippen LogP contribution in [-0.4, -0.2) is 27.7 Å². The van der Waals surface area contributed by atoms with E-state index in [0.29, 0.717) is 28.3 Å². The zero-order valence-corrected chi connectivity index (χ0v) is 12.5. The number of ether oxygens (including phenoxy) is 1. The minimum absolute atomic E-state index is 0.00924. The number of hydrogen-bond acceptors (Lipinski definition) is 5. The summed E-state index contributed by atoms with van der Waals surface area (Å²) < 4.78 is 6.76. The smallest absolute Gasteiger partial charge is 0.312 e. The van der Waals surface area contributed by atoms with Crippen molar-refractivity contribution < 1.29 is 14.5 Å². The van der Waals surface area contributed by atoms with Crippen molar-refractivity contribution in [3.63, 3.8) is 0 Å². The quantitative estimate of drug-likeness (QED) is 0.665. The van der Waals surface area contributed by atoms with Gasteiger partial charge in [-0.05, 0) is 32.0 Å². The molecular weight excluding hydrogens is 288 g/mol. The third-order valence-corrected chi connectivity index (χ3v) is 3.41. The minimum Gasteiger partial charge on any atom is -0.496 e. The number of amides is 1. The van der Waals surface area contributed by atoms with Crippen LogP contribution < -0.4 is 10.5 Å². The molecule has 0 saturated heterocycles. The van der Waals surface area contributed by atoms with Gasteiger partial charge in [-0.25, -0.2) is 0 Å². The van der Waals surface area contributed by atoms with Gasteiger partial charge in [-0.15, -0.1) is 0 Å². The normalized spacial score (nSPS) is 10.5. The number of methoxy groups -OCH3 is 1. The maximum Gasteiger partial charge on any atom is 0.312 e. The highest BCUT2D eigenvalue weighted by molar-refractivity contribution is 5.93. The lowest BCUT2D eigenvalue weighted by Crippen LogP contribution is -2.13. The van der Waals surface area contributed by atoms with Gasteiger partial charge in [-0.3, -0.25) is 19.6 Å². The maximum absolute atomic E-state index is 11.3. The van der Waals surface area contributed by atoms with E-state index in [4.69, 9.17) is 10.5 Å². The van der Waals surface area contributed by atoms with Gasteiger partial charge in [0.05, 0.1) is 18.6 Å². The van der Waals surface area contributed by atoms with E-state index in [-0.39, 0.29) is 12.2 Å². The van der Waals surface area contributed by atoms with Crippen molar-refractivity contribution in [2.24, 2.45) is 5.73 Å². The Bertz CT molecular complexity index is 752. The van der Waals surface area contributed by atoms with Crippen LogP contribution in [0.15, 0.2) is 18.2 Å². The molecule has 0 fully saturated rings. The number of aromatic nitrogens is 2. The van der Waals surface area contributed by atoms with Gasteiger partial charge in [0.25, 0.3) is 0 Å². The van der Waals surface area contributed by atoms with Crippen molar-refractivity contribution in [2.75, 3.05) is 7.11 Å². The molecule has 0 aliphatic carbocycles. The monoisotopic (exact) mass is 304 g/mol. The highest BCUT2D eigenvalue weighted by atomic mass is 16.6. The first-order valence-electron chi connectivity index (χ1n) is 6.50. The van der Waals surface area contributed by atoms with Crippen LogP contribution in [0, 0.1) is 24.0 Å². The third-order valence-electron chi connectivity index (χ3n) is 3.41. The molecule has 2 N–H and O–H groups in total. The SMILES string of the molecule is COc1ccc(C(N)=O)cc1Cn1nc(C)c([N+](=O)[O-])c1C. The summed E-state index contributed by atoms with van der Waals surface area (Å²) in [5.74, 6) is 0.00320. The van der Waals surface area contributed by atoms with Crippen molar-refractivity contribution in [3.8, 4) is 5.75 Å². The molecule has 0 radical (unpaired) electrons. The van der Waals surface area contributed by atoms with Crippen molar-refractivity contribution in [1.82, 2.24) is 9.78 Å². The number of carbonyl (C=O) groups excluding carboxylic acids is 1. The number of aryl methyl sites for hydroxylation is 1. The third kappa shape index (κ3) is 2.76. The number of benzene rings is 1. The van der Waals surface area contributed by atoms with Gasteiger partial charge in [0, 0.05) is 11.1 Å². The lowest BCUT2D eigenvalue weighted by Gasteiger charge is -2.10. The highest BCUT2D eigenvalue weighted by Crippen LogP contribution is 2.25. The summed E-state index contributed by atoms with van der Waals surface area (Å²) in [7, 11) is 1.51. The topological polar surface area (TPSA) is 113 Å². The molecule has 1 heterocycles. The Morgan fingerprint density at radius 2 is 2.14 bits per heavy atom. The second-order valence-corrected chi connectivity index (χ2v) is 4.83. The highest BCUT2D eigenvalue weighted by Gasteiger charge is 2.22. The van der Waals surface area contributed by atoms with Crippen LogP contribution in [0.4, 0.5) is 5.69 Å². The van der Waals surface area contributed by atoms with Crippen LogP contribution >= 0.6 is 0 Å². The van der Waals surface area contributed by atoms with Gasteiger partial charge in [0.2, 0.25) is 5.91 Å². The summed E-state index contributed by atoms with van der Waals surface area (Å²) in [6.45, 7) is 3.45. The standard InChI is InChI=1S/C14H16N4O4/c1-8-13(18(20)21)9(2)17(16-8)7-11-6-10(14(15)19)4-5-12(11)22-3/h4-6H,7H2,1-3H3,(H2,15,19). The molecule has 1 aromatic carbocycles. The summed E-state index contributed by atoms with van der Waals surface area (Å²) in [5, 5.41) is 15.2. The first-order chi connectivity index (χ1) is 10.3. The lowest BCUT2D eigenvalue weighted by atomic mass is 10.1. The molecule has 0 bridgehead atoms. The number of hydrogen-bond donors (Lipinski definition) is 1. The van der Waals surface area contributed by atoms with E-state index in [9.17, 15) is 14.9 Å². The van der Waals surface area contributed by atoms with Crippen LogP contribution in [0.3, 0.4) is 0 Å². The van der Waals surface area contributed by atoms with E-state index in [1.807, 2.05) is 0 Å². The Balaban J connectivity index is 2.46. The summed E-state index contributed by atoms with van der Waals surface area (Å²) in [6, 6.07) is 4.80. The van der Waals surface area contributed by atoms with Crippen LogP contribution in [-0.2, 0) is 6.54 Å². The molecule has 2 aromatic rings. The van der Waals surface area contributed by atoms with Crippen molar-refractivity contribution >= 4 is 11.6 Å². The zero-order chi connectivity index (χ0) is 16.4. The predicted octanol–water partition coefficient (Wildman–Crippen LogP) is 1.56. The van der Waals surface area contributed by atoms with Crippen LogP contribution in [0.1, 0.15) is 27.3 Å². The number of carbonyl (C=O) groups is 1. The molecule has 0 unspecified atom stereocenters. The number of nitrogens with zero attached hydrogens (tertiary/aromatic N) is 3. The van der Waals surface area contributed by atoms with Crippen molar-refractivity contribution in [2.45, 2.75) is 20.4 Å². The van der Waals surface area contributed by atoms with E-state index in [2.05, 4.69) is 5.10 Å². The molecule has 2 rings (SSSR count). The average Bonchev–Trinajstić information content (AvgIpc) is 2.73. The van der Waals surface area contributed by atoms with Gasteiger partial charge in [0.1, 0.15) is 17.1 Å². The van der Waals surface area contributed by atoms with Crippen LogP contribution in [0.25, 0.3) is 0 Å². The Labute approximate surface area is 126 Å². The molecule has 0 spiro atoms. The maximum atomic E-state index is 11.3. The molecule has 116 valence electrons. The largest absolute Gasteiger partial charge is 0.496 e. The van der Waals surface area contributed by atoms with E-state index in [0.717, 1.165) is 0 Å². The van der Waals surface area contributed by atoms with E-state index < -0.39 is 10.8 Å². The Hall–Kier alpha value is -2.90. The Morgan fingerprint density at radius 1 is 1.45 bits per heavy atom. The fraction of sp³-hybridized carbons (Fsp3) is 0.286. The second kappa shape index (κ2) is 5.84.